The Bertz CT molecular complexity index is 744. The molecule has 1 aliphatic carbocycles. The minimum absolute atomic E-state index is 0.0615. The summed E-state index contributed by atoms with van der Waals surface area (Å²) in [5.41, 5.74) is 3.58. The minimum Gasteiger partial charge on any atom is -0.491 e. The summed E-state index contributed by atoms with van der Waals surface area (Å²) in [5.74, 6) is 0.960. The van der Waals surface area contributed by atoms with Crippen molar-refractivity contribution < 1.29 is 14.3 Å². The third-order valence-electron chi connectivity index (χ3n) is 4.95. The average Bonchev–Trinajstić information content (AvgIpc) is 3.14. The number of carbonyl (C=O) groups excluding carboxylic acids is 1. The van der Waals surface area contributed by atoms with Gasteiger partial charge in [0.25, 0.3) is 5.91 Å². The number of fused-ring (bicyclic) bond motifs is 1. The van der Waals surface area contributed by atoms with Crippen LogP contribution in [0.3, 0.4) is 0 Å². The second kappa shape index (κ2) is 7.28. The number of hydrogen-bond acceptors (Lipinski definition) is 3. The predicted molar refractivity (Wildman–Crippen MR) is 96.0 cm³/mol. The third kappa shape index (κ3) is 3.69. The van der Waals surface area contributed by atoms with E-state index >= 15 is 0 Å². The number of nitrogens with zero attached hydrogens (tertiary/aromatic N) is 1. The first kappa shape index (κ1) is 16.2. The molecule has 1 heterocycles. The molecule has 130 valence electrons. The maximum atomic E-state index is 12.6. The van der Waals surface area contributed by atoms with Gasteiger partial charge in [0, 0.05) is 12.1 Å². The summed E-state index contributed by atoms with van der Waals surface area (Å²) in [4.78, 5) is 14.4. The zero-order chi connectivity index (χ0) is 17.1. The number of carbonyl (C=O) groups is 1. The first-order valence-electron chi connectivity index (χ1n) is 9.00. The molecular weight excluding hydrogens is 314 g/mol. The molecule has 4 heteroatoms. The topological polar surface area (TPSA) is 38.8 Å². The monoisotopic (exact) mass is 337 g/mol. The molecule has 0 aromatic heterocycles. The normalized spacial score (nSPS) is 19.5. The van der Waals surface area contributed by atoms with Crippen molar-refractivity contribution in [1.82, 2.24) is 4.90 Å². The van der Waals surface area contributed by atoms with Gasteiger partial charge in [-0.25, -0.2) is 0 Å². The van der Waals surface area contributed by atoms with Crippen molar-refractivity contribution >= 4 is 5.91 Å². The Morgan fingerprint density at radius 2 is 1.96 bits per heavy atom. The van der Waals surface area contributed by atoms with E-state index in [-0.39, 0.29) is 12.0 Å². The summed E-state index contributed by atoms with van der Waals surface area (Å²) < 4.78 is 11.7. The van der Waals surface area contributed by atoms with E-state index in [1.165, 1.54) is 24.0 Å². The van der Waals surface area contributed by atoms with Gasteiger partial charge in [0.15, 0.2) is 0 Å². The lowest BCUT2D eigenvalue weighted by molar-refractivity contribution is -0.0401. The molecule has 1 fully saturated rings. The van der Waals surface area contributed by atoms with Crippen LogP contribution in [0.2, 0.25) is 0 Å². The number of benzene rings is 2. The van der Waals surface area contributed by atoms with E-state index in [4.69, 9.17) is 9.47 Å². The first-order chi connectivity index (χ1) is 12.3. The zero-order valence-electron chi connectivity index (χ0n) is 14.3. The first-order valence-corrected chi connectivity index (χ1v) is 9.00. The fourth-order valence-corrected chi connectivity index (χ4v) is 3.60. The Labute approximate surface area is 148 Å². The molecule has 1 atom stereocenters. The molecular formula is C21H23NO3. The predicted octanol–water partition coefficient (Wildman–Crippen LogP) is 3.10. The van der Waals surface area contributed by atoms with Crippen LogP contribution in [0.25, 0.3) is 0 Å². The lowest BCUT2D eigenvalue weighted by Gasteiger charge is -2.33. The summed E-state index contributed by atoms with van der Waals surface area (Å²) in [7, 11) is 0. The van der Waals surface area contributed by atoms with Crippen molar-refractivity contribution in [3.63, 3.8) is 0 Å². The van der Waals surface area contributed by atoms with Crippen molar-refractivity contribution in [3.8, 4) is 5.75 Å². The van der Waals surface area contributed by atoms with E-state index in [1.54, 1.807) is 0 Å². The smallest absolute Gasteiger partial charge is 0.254 e. The molecule has 4 rings (SSSR count). The zero-order valence-corrected chi connectivity index (χ0v) is 14.3. The van der Waals surface area contributed by atoms with Gasteiger partial charge in [0.2, 0.25) is 0 Å². The molecule has 1 aliphatic heterocycles. The number of morpholine rings is 1. The molecule has 4 nitrogen and oxygen atoms in total. The lowest BCUT2D eigenvalue weighted by Crippen LogP contribution is -2.47. The van der Waals surface area contributed by atoms with Gasteiger partial charge in [-0.15, -0.1) is 0 Å². The van der Waals surface area contributed by atoms with Crippen LogP contribution in [0.5, 0.6) is 5.75 Å². The van der Waals surface area contributed by atoms with Gasteiger partial charge in [-0.1, -0.05) is 24.3 Å². The Morgan fingerprint density at radius 3 is 2.84 bits per heavy atom. The Morgan fingerprint density at radius 1 is 1.12 bits per heavy atom. The van der Waals surface area contributed by atoms with Gasteiger partial charge in [-0.2, -0.15) is 0 Å². The molecule has 2 aromatic carbocycles. The van der Waals surface area contributed by atoms with Gasteiger partial charge in [-0.3, -0.25) is 4.79 Å². The maximum absolute atomic E-state index is 12.6. The van der Waals surface area contributed by atoms with Gasteiger partial charge in [-0.05, 0) is 54.7 Å². The van der Waals surface area contributed by atoms with Gasteiger partial charge >= 0.3 is 0 Å². The summed E-state index contributed by atoms with van der Waals surface area (Å²) in [6.45, 7) is 2.22. The molecule has 25 heavy (non-hydrogen) atoms. The van der Waals surface area contributed by atoms with Crippen molar-refractivity contribution in [3.05, 3.63) is 65.2 Å². The number of hydrogen-bond donors (Lipinski definition) is 0. The van der Waals surface area contributed by atoms with Crippen molar-refractivity contribution in [1.29, 1.82) is 0 Å². The molecule has 0 spiro atoms. The van der Waals surface area contributed by atoms with Crippen molar-refractivity contribution in [2.24, 2.45) is 0 Å². The van der Waals surface area contributed by atoms with Crippen LogP contribution in [0.15, 0.2) is 48.5 Å². The van der Waals surface area contributed by atoms with Gasteiger partial charge in [0.05, 0.1) is 13.2 Å². The molecule has 0 N–H and O–H groups in total. The lowest BCUT2D eigenvalue weighted by atomic mass is 10.1. The van der Waals surface area contributed by atoms with Crippen molar-refractivity contribution in [2.45, 2.75) is 25.4 Å². The SMILES string of the molecule is O=C(c1ccccc1)N1CCOC(COc2ccc3c(c2)CCC3)C1. The highest BCUT2D eigenvalue weighted by molar-refractivity contribution is 5.94. The van der Waals surface area contributed by atoms with Gasteiger partial charge in [0.1, 0.15) is 18.5 Å². The van der Waals surface area contributed by atoms with E-state index < -0.39 is 0 Å². The van der Waals surface area contributed by atoms with Crippen molar-refractivity contribution in [2.75, 3.05) is 26.3 Å². The van der Waals surface area contributed by atoms with Crippen LogP contribution in [0.4, 0.5) is 0 Å². The van der Waals surface area contributed by atoms with Gasteiger partial charge < -0.3 is 14.4 Å². The molecule has 0 radical (unpaired) electrons. The Balaban J connectivity index is 1.34. The third-order valence-corrected chi connectivity index (χ3v) is 4.95. The average molecular weight is 337 g/mol. The van der Waals surface area contributed by atoms with E-state index in [1.807, 2.05) is 41.3 Å². The van der Waals surface area contributed by atoms with Crippen LogP contribution in [0, 0.1) is 0 Å². The highest BCUT2D eigenvalue weighted by atomic mass is 16.5. The molecule has 1 unspecified atom stereocenters. The number of ether oxygens (including phenoxy) is 2. The Hall–Kier alpha value is -2.33. The van der Waals surface area contributed by atoms with E-state index in [9.17, 15) is 4.79 Å². The minimum atomic E-state index is -0.0883. The quantitative estimate of drug-likeness (QED) is 0.860. The van der Waals surface area contributed by atoms with E-state index in [0.717, 1.165) is 17.7 Å². The summed E-state index contributed by atoms with van der Waals surface area (Å²) in [6.07, 6.45) is 3.47. The van der Waals surface area contributed by atoms with Crippen LogP contribution in [-0.2, 0) is 17.6 Å². The van der Waals surface area contributed by atoms with E-state index in [2.05, 4.69) is 12.1 Å². The highest BCUT2D eigenvalue weighted by Crippen LogP contribution is 2.26. The molecule has 0 saturated carbocycles. The van der Waals surface area contributed by atoms with Crippen LogP contribution in [-0.4, -0.2) is 43.2 Å². The van der Waals surface area contributed by atoms with Crippen LogP contribution in [0.1, 0.15) is 27.9 Å². The number of amides is 1. The second-order valence-electron chi connectivity index (χ2n) is 6.71. The Kier molecular flexibility index (Phi) is 4.70. The summed E-state index contributed by atoms with van der Waals surface area (Å²) >= 11 is 0. The second-order valence-corrected chi connectivity index (χ2v) is 6.71. The maximum Gasteiger partial charge on any atom is 0.254 e. The van der Waals surface area contributed by atoms with E-state index in [0.29, 0.717) is 26.3 Å². The fourth-order valence-electron chi connectivity index (χ4n) is 3.60. The highest BCUT2D eigenvalue weighted by Gasteiger charge is 2.25. The fraction of sp³-hybridized carbons (Fsp3) is 0.381. The molecule has 0 bridgehead atoms. The molecule has 2 aliphatic rings. The number of rotatable bonds is 4. The molecule has 1 saturated heterocycles. The largest absolute Gasteiger partial charge is 0.491 e. The number of aryl methyl sites for hydroxylation is 2. The van der Waals surface area contributed by atoms with Crippen LogP contribution >= 0.6 is 0 Å². The summed E-state index contributed by atoms with van der Waals surface area (Å²) in [6, 6.07) is 15.8. The molecule has 1 amide bonds. The van der Waals surface area contributed by atoms with Crippen LogP contribution < -0.4 is 4.74 Å². The molecule has 2 aromatic rings. The summed E-state index contributed by atoms with van der Waals surface area (Å²) in [5, 5.41) is 0. The standard InChI is InChI=1S/C21H23NO3/c23-21(17-5-2-1-3-6-17)22-11-12-24-20(14-22)15-25-19-10-9-16-7-4-8-18(16)13-19/h1-3,5-6,9-10,13,20H,4,7-8,11-12,14-15H2.